The predicted molar refractivity (Wildman–Crippen MR) is 123 cm³/mol. The number of rotatable bonds is 7. The molecule has 2 aromatic rings. The Kier molecular flexibility index (Phi) is 7.63. The number of sulfonamides is 1. The van der Waals surface area contributed by atoms with Gasteiger partial charge in [0.1, 0.15) is 0 Å². The van der Waals surface area contributed by atoms with Gasteiger partial charge in [-0.25, -0.2) is 8.42 Å². The molecule has 1 fully saturated rings. The van der Waals surface area contributed by atoms with Gasteiger partial charge in [0.2, 0.25) is 15.9 Å². The number of halogens is 2. The number of carbonyl (C=O) groups is 1. The van der Waals surface area contributed by atoms with E-state index in [0.717, 1.165) is 32.2 Å². The summed E-state index contributed by atoms with van der Waals surface area (Å²) >= 11 is 12.3. The van der Waals surface area contributed by atoms with E-state index in [1.807, 2.05) is 0 Å². The molecule has 1 heterocycles. The van der Waals surface area contributed by atoms with Crippen molar-refractivity contribution in [2.75, 3.05) is 35.5 Å². The van der Waals surface area contributed by atoms with E-state index in [-0.39, 0.29) is 12.5 Å². The third-order valence-corrected chi connectivity index (χ3v) is 7.00. The highest BCUT2D eigenvalue weighted by Crippen LogP contribution is 2.29. The number of piperidine rings is 1. The Morgan fingerprint density at radius 2 is 1.73 bits per heavy atom. The average molecular weight is 470 g/mol. The summed E-state index contributed by atoms with van der Waals surface area (Å²) in [5, 5.41) is 3.57. The smallest absolute Gasteiger partial charge is 0.238 e. The number of nitrogens with zero attached hydrogens (tertiary/aromatic N) is 2. The van der Waals surface area contributed by atoms with Crippen molar-refractivity contribution in [2.24, 2.45) is 0 Å². The number of hydrogen-bond acceptors (Lipinski definition) is 4. The van der Waals surface area contributed by atoms with E-state index in [1.165, 1.54) is 10.7 Å². The van der Waals surface area contributed by atoms with Gasteiger partial charge in [0, 0.05) is 5.69 Å². The first-order valence-electron chi connectivity index (χ1n) is 9.77. The first kappa shape index (κ1) is 22.9. The van der Waals surface area contributed by atoms with E-state index in [1.54, 1.807) is 42.5 Å². The maximum atomic E-state index is 12.4. The van der Waals surface area contributed by atoms with Crippen LogP contribution in [-0.2, 0) is 21.4 Å². The highest BCUT2D eigenvalue weighted by Gasteiger charge is 2.20. The molecular weight excluding hydrogens is 445 g/mol. The Morgan fingerprint density at radius 3 is 2.37 bits per heavy atom. The molecule has 30 heavy (non-hydrogen) atoms. The average Bonchev–Trinajstić information content (AvgIpc) is 2.70. The monoisotopic (exact) mass is 469 g/mol. The predicted octanol–water partition coefficient (Wildman–Crippen LogP) is 4.38. The van der Waals surface area contributed by atoms with Crippen LogP contribution in [0.3, 0.4) is 0 Å². The molecule has 6 nitrogen and oxygen atoms in total. The molecule has 2 aromatic carbocycles. The van der Waals surface area contributed by atoms with Gasteiger partial charge in [-0.3, -0.25) is 14.0 Å². The topological polar surface area (TPSA) is 69.7 Å². The number of benzene rings is 2. The van der Waals surface area contributed by atoms with Crippen molar-refractivity contribution in [2.45, 2.75) is 25.8 Å². The summed E-state index contributed by atoms with van der Waals surface area (Å²) in [5.41, 5.74) is 1.70. The molecule has 1 aliphatic rings. The van der Waals surface area contributed by atoms with Gasteiger partial charge in [0.05, 0.1) is 35.1 Å². The van der Waals surface area contributed by atoms with E-state index < -0.39 is 10.0 Å². The van der Waals surface area contributed by atoms with Gasteiger partial charge in [-0.15, -0.1) is 0 Å². The molecule has 0 spiro atoms. The highest BCUT2D eigenvalue weighted by atomic mass is 35.5. The van der Waals surface area contributed by atoms with Crippen LogP contribution in [0.15, 0.2) is 42.5 Å². The third kappa shape index (κ3) is 6.11. The maximum absolute atomic E-state index is 12.4. The molecule has 0 unspecified atom stereocenters. The van der Waals surface area contributed by atoms with Crippen molar-refractivity contribution in [3.05, 3.63) is 58.1 Å². The molecule has 3 rings (SSSR count). The zero-order valence-electron chi connectivity index (χ0n) is 16.8. The summed E-state index contributed by atoms with van der Waals surface area (Å²) in [5.74, 6) is -0.0738. The fourth-order valence-electron chi connectivity index (χ4n) is 3.46. The van der Waals surface area contributed by atoms with Crippen molar-refractivity contribution in [1.82, 2.24) is 4.90 Å². The maximum Gasteiger partial charge on any atom is 0.238 e. The minimum atomic E-state index is -3.56. The number of carbonyl (C=O) groups excluding carboxylic acids is 1. The molecule has 1 aliphatic heterocycles. The van der Waals surface area contributed by atoms with E-state index in [4.69, 9.17) is 23.2 Å². The molecule has 0 saturated carbocycles. The summed E-state index contributed by atoms with van der Waals surface area (Å²) in [6.07, 6.45) is 4.61. The Balaban J connectivity index is 1.71. The van der Waals surface area contributed by atoms with Crippen molar-refractivity contribution in [3.8, 4) is 0 Å². The van der Waals surface area contributed by atoms with Gasteiger partial charge < -0.3 is 5.32 Å². The van der Waals surface area contributed by atoms with Gasteiger partial charge in [0.25, 0.3) is 0 Å². The Labute approximate surface area is 187 Å². The Morgan fingerprint density at radius 1 is 1.07 bits per heavy atom. The second kappa shape index (κ2) is 10.0. The molecule has 0 aliphatic carbocycles. The van der Waals surface area contributed by atoms with Crippen LogP contribution >= 0.6 is 23.2 Å². The minimum absolute atomic E-state index is 0.0545. The number of amides is 1. The molecule has 0 bridgehead atoms. The van der Waals surface area contributed by atoms with E-state index in [2.05, 4.69) is 10.2 Å². The highest BCUT2D eigenvalue weighted by molar-refractivity contribution is 7.92. The van der Waals surface area contributed by atoms with Gasteiger partial charge in [-0.1, -0.05) is 41.8 Å². The molecule has 0 atom stereocenters. The second-order valence-electron chi connectivity index (χ2n) is 7.41. The van der Waals surface area contributed by atoms with E-state index in [9.17, 15) is 13.2 Å². The number of hydrogen-bond donors (Lipinski definition) is 1. The lowest BCUT2D eigenvalue weighted by Crippen LogP contribution is -2.36. The van der Waals surface area contributed by atoms with Crippen molar-refractivity contribution in [1.29, 1.82) is 0 Å². The first-order valence-corrected chi connectivity index (χ1v) is 12.4. The van der Waals surface area contributed by atoms with E-state index >= 15 is 0 Å². The summed E-state index contributed by atoms with van der Waals surface area (Å²) in [6.45, 7) is 2.31. The normalized spacial score (nSPS) is 15.0. The molecule has 9 heteroatoms. The zero-order valence-corrected chi connectivity index (χ0v) is 19.1. The zero-order chi connectivity index (χ0) is 21.7. The Hall–Kier alpha value is -1.80. The molecule has 0 radical (unpaired) electrons. The number of nitrogens with one attached hydrogen (secondary N) is 1. The molecule has 1 amide bonds. The summed E-state index contributed by atoms with van der Waals surface area (Å²) < 4.78 is 26.0. The summed E-state index contributed by atoms with van der Waals surface area (Å²) in [4.78, 5) is 14.4. The first-order chi connectivity index (χ1) is 14.2. The molecule has 0 aromatic heterocycles. The van der Waals surface area contributed by atoms with E-state index in [0.29, 0.717) is 33.5 Å². The van der Waals surface area contributed by atoms with Crippen LogP contribution in [0.2, 0.25) is 10.0 Å². The van der Waals surface area contributed by atoms with Gasteiger partial charge in [-0.05, 0) is 61.8 Å². The quantitative estimate of drug-likeness (QED) is 0.652. The largest absolute Gasteiger partial charge is 0.325 e. The fraction of sp³-hybridized carbons (Fsp3) is 0.381. The fourth-order valence-corrected chi connectivity index (χ4v) is 4.72. The number of anilines is 2. The van der Waals surface area contributed by atoms with Crippen molar-refractivity contribution >= 4 is 50.5 Å². The van der Waals surface area contributed by atoms with Gasteiger partial charge in [0.15, 0.2) is 0 Å². The van der Waals surface area contributed by atoms with Crippen molar-refractivity contribution in [3.63, 3.8) is 0 Å². The van der Waals surface area contributed by atoms with Crippen LogP contribution in [0.25, 0.3) is 0 Å². The van der Waals surface area contributed by atoms with Crippen LogP contribution in [0.1, 0.15) is 24.8 Å². The third-order valence-electron chi connectivity index (χ3n) is 5.00. The summed E-state index contributed by atoms with van der Waals surface area (Å²) in [6, 6.07) is 11.8. The molecule has 162 valence electrons. The number of likely N-dealkylation sites (tertiary alicyclic amines) is 1. The molecule has 1 N–H and O–H groups in total. The van der Waals surface area contributed by atoms with Crippen molar-refractivity contribution < 1.29 is 13.2 Å². The van der Waals surface area contributed by atoms with Crippen LogP contribution in [0.5, 0.6) is 0 Å². The van der Waals surface area contributed by atoms with Gasteiger partial charge in [-0.2, -0.15) is 0 Å². The second-order valence-corrected chi connectivity index (χ2v) is 10.1. The van der Waals surface area contributed by atoms with Crippen LogP contribution < -0.4 is 9.62 Å². The lowest BCUT2D eigenvalue weighted by molar-refractivity contribution is -0.117. The van der Waals surface area contributed by atoms with Gasteiger partial charge >= 0.3 is 0 Å². The van der Waals surface area contributed by atoms with Crippen LogP contribution in [-0.4, -0.2) is 45.1 Å². The van der Waals surface area contributed by atoms with Crippen LogP contribution in [0.4, 0.5) is 11.4 Å². The lowest BCUT2D eigenvalue weighted by Gasteiger charge is -2.25. The Bertz CT molecular complexity index is 991. The minimum Gasteiger partial charge on any atom is -0.325 e. The van der Waals surface area contributed by atoms with Crippen LogP contribution in [0, 0.1) is 0 Å². The molecule has 1 saturated heterocycles. The molecular formula is C21H25Cl2N3O3S. The standard InChI is InChI=1S/C21H25Cl2N3O3S/c1-30(28,29)26(14-16-6-5-7-19(22)21(16)23)18-10-8-17(9-11-18)24-20(27)15-25-12-3-2-4-13-25/h5-11H,2-4,12-15H2,1H3,(H,24,27). The SMILES string of the molecule is CS(=O)(=O)N(Cc1cccc(Cl)c1Cl)c1ccc(NC(=O)CN2CCCCC2)cc1. The lowest BCUT2D eigenvalue weighted by atomic mass is 10.1. The summed E-state index contributed by atoms with van der Waals surface area (Å²) in [7, 11) is -3.56.